The molecule has 3 aromatic rings. The van der Waals surface area contributed by atoms with Gasteiger partial charge in [-0.25, -0.2) is 0 Å². The molecule has 7 nitrogen and oxygen atoms in total. The third kappa shape index (κ3) is 3.60. The first-order valence-electron chi connectivity index (χ1n) is 8.49. The Morgan fingerprint density at radius 1 is 1.04 bits per heavy atom. The maximum Gasteiger partial charge on any atom is 0.253 e. The molecule has 1 atom stereocenters. The molecule has 0 saturated heterocycles. The lowest BCUT2D eigenvalue weighted by Gasteiger charge is -2.11. The van der Waals surface area contributed by atoms with Gasteiger partial charge in [-0.3, -0.25) is 0 Å². The van der Waals surface area contributed by atoms with Crippen LogP contribution in [0.3, 0.4) is 0 Å². The lowest BCUT2D eigenvalue weighted by atomic mass is 9.96. The highest BCUT2D eigenvalue weighted by atomic mass is 16.5. The Labute approximate surface area is 147 Å². The van der Waals surface area contributed by atoms with Gasteiger partial charge in [0.1, 0.15) is 6.04 Å². The molecule has 0 N–H and O–H groups in total. The van der Waals surface area contributed by atoms with Crippen LogP contribution in [-0.4, -0.2) is 30.3 Å². The summed E-state index contributed by atoms with van der Waals surface area (Å²) >= 11 is 0. The van der Waals surface area contributed by atoms with Crippen LogP contribution in [0.15, 0.2) is 28.8 Å². The molecule has 0 spiro atoms. The van der Waals surface area contributed by atoms with Gasteiger partial charge in [-0.2, -0.15) is 9.78 Å². The molecular formula is C18H24N6O. The van der Waals surface area contributed by atoms with Crippen LogP contribution in [0.1, 0.15) is 70.8 Å². The molecule has 0 aliphatic rings. The average Bonchev–Trinajstić information content (AvgIpc) is 3.23. The zero-order chi connectivity index (χ0) is 18.2. The first kappa shape index (κ1) is 17.3. The van der Waals surface area contributed by atoms with E-state index in [0.717, 1.165) is 5.56 Å². The van der Waals surface area contributed by atoms with Crippen molar-refractivity contribution in [2.45, 2.75) is 58.9 Å². The fraction of sp³-hybridized carbons (Fsp3) is 0.500. The zero-order valence-corrected chi connectivity index (χ0v) is 15.6. The molecule has 0 aliphatic heterocycles. The van der Waals surface area contributed by atoms with E-state index in [1.54, 1.807) is 0 Å². The van der Waals surface area contributed by atoms with Gasteiger partial charge in [0.25, 0.3) is 5.89 Å². The van der Waals surface area contributed by atoms with E-state index >= 15 is 0 Å². The summed E-state index contributed by atoms with van der Waals surface area (Å²) in [4.78, 5) is 5.97. The summed E-state index contributed by atoms with van der Waals surface area (Å²) in [6.07, 6.45) is 0. The minimum atomic E-state index is -0.278. The van der Waals surface area contributed by atoms with Crippen LogP contribution in [-0.2, 0) is 5.41 Å². The molecule has 7 heteroatoms. The third-order valence-electron chi connectivity index (χ3n) is 4.08. The van der Waals surface area contributed by atoms with Gasteiger partial charge in [0, 0.05) is 11.0 Å². The predicted molar refractivity (Wildman–Crippen MR) is 94.2 cm³/mol. The number of benzene rings is 1. The summed E-state index contributed by atoms with van der Waals surface area (Å²) in [5.74, 6) is 2.22. The summed E-state index contributed by atoms with van der Waals surface area (Å²) in [5.41, 5.74) is 2.05. The lowest BCUT2D eigenvalue weighted by Crippen LogP contribution is -2.15. The molecule has 132 valence electrons. The largest absolute Gasteiger partial charge is 0.337 e. The molecule has 3 rings (SSSR count). The highest BCUT2D eigenvalue weighted by Crippen LogP contribution is 2.23. The predicted octanol–water partition coefficient (Wildman–Crippen LogP) is 3.75. The summed E-state index contributed by atoms with van der Waals surface area (Å²) in [7, 11) is 0. The Kier molecular flexibility index (Phi) is 4.41. The van der Waals surface area contributed by atoms with Crippen LogP contribution in [0.4, 0.5) is 0 Å². The molecule has 0 unspecified atom stereocenters. The molecule has 0 fully saturated rings. The van der Waals surface area contributed by atoms with Crippen molar-refractivity contribution in [2.24, 2.45) is 0 Å². The van der Waals surface area contributed by atoms with Crippen LogP contribution in [0.5, 0.6) is 0 Å². The lowest BCUT2D eigenvalue weighted by molar-refractivity contribution is 0.315. The molecule has 0 amide bonds. The molecule has 2 aromatic heterocycles. The minimum Gasteiger partial charge on any atom is -0.337 e. The molecule has 0 bridgehead atoms. The Bertz CT molecular complexity index is 841. The van der Waals surface area contributed by atoms with Gasteiger partial charge < -0.3 is 4.52 Å². The Balaban J connectivity index is 1.82. The Morgan fingerprint density at radius 2 is 1.72 bits per heavy atom. The first-order valence-corrected chi connectivity index (χ1v) is 8.49. The van der Waals surface area contributed by atoms with Gasteiger partial charge in [0.15, 0.2) is 5.82 Å². The number of nitrogens with zero attached hydrogens (tertiary/aromatic N) is 6. The minimum absolute atomic E-state index is 0.166. The van der Waals surface area contributed by atoms with E-state index in [0.29, 0.717) is 23.5 Å². The topological polar surface area (TPSA) is 82.5 Å². The van der Waals surface area contributed by atoms with Gasteiger partial charge in [0.05, 0.1) is 0 Å². The SMILES string of the molecule is CC(C)c1ccc(-c2nnn([C@@H](C)c3nc(C(C)(C)C)no3)n2)cc1. The van der Waals surface area contributed by atoms with E-state index < -0.39 is 0 Å². The second-order valence-corrected chi connectivity index (χ2v) is 7.59. The van der Waals surface area contributed by atoms with Gasteiger partial charge >= 0.3 is 0 Å². The highest BCUT2D eigenvalue weighted by Gasteiger charge is 2.25. The Hall–Kier alpha value is -2.57. The van der Waals surface area contributed by atoms with Crippen molar-refractivity contribution in [1.29, 1.82) is 0 Å². The van der Waals surface area contributed by atoms with Crippen molar-refractivity contribution >= 4 is 0 Å². The van der Waals surface area contributed by atoms with Crippen LogP contribution < -0.4 is 0 Å². The van der Waals surface area contributed by atoms with E-state index in [2.05, 4.69) is 51.5 Å². The number of hydrogen-bond acceptors (Lipinski definition) is 6. The fourth-order valence-electron chi connectivity index (χ4n) is 2.33. The second kappa shape index (κ2) is 6.38. The molecule has 0 saturated carbocycles. The normalized spacial score (nSPS) is 13.4. The smallest absolute Gasteiger partial charge is 0.253 e. The monoisotopic (exact) mass is 340 g/mol. The number of rotatable bonds is 4. The summed E-state index contributed by atoms with van der Waals surface area (Å²) in [5, 5.41) is 16.8. The molecular weight excluding hydrogens is 316 g/mol. The van der Waals surface area contributed by atoms with E-state index in [9.17, 15) is 0 Å². The maximum absolute atomic E-state index is 5.37. The van der Waals surface area contributed by atoms with Crippen LogP contribution >= 0.6 is 0 Å². The van der Waals surface area contributed by atoms with Gasteiger partial charge in [-0.1, -0.05) is 64.0 Å². The van der Waals surface area contributed by atoms with Gasteiger partial charge in [0.2, 0.25) is 5.82 Å². The van der Waals surface area contributed by atoms with Crippen LogP contribution in [0.25, 0.3) is 11.4 Å². The van der Waals surface area contributed by atoms with Gasteiger partial charge in [-0.05, 0) is 23.6 Å². The van der Waals surface area contributed by atoms with E-state index in [1.165, 1.54) is 10.4 Å². The maximum atomic E-state index is 5.37. The standard InChI is InChI=1S/C18H24N6O/c1-11(2)13-7-9-14(10-8-13)15-20-23-24(21-15)12(3)16-19-17(22-25-16)18(4,5)6/h7-12H,1-6H3/t12-/m0/s1. The number of hydrogen-bond donors (Lipinski definition) is 0. The van der Waals surface area contributed by atoms with Crippen molar-refractivity contribution < 1.29 is 4.52 Å². The average molecular weight is 340 g/mol. The molecule has 0 radical (unpaired) electrons. The highest BCUT2D eigenvalue weighted by molar-refractivity contribution is 5.54. The van der Waals surface area contributed by atoms with Crippen LogP contribution in [0.2, 0.25) is 0 Å². The van der Waals surface area contributed by atoms with E-state index in [-0.39, 0.29) is 11.5 Å². The summed E-state index contributed by atoms with van der Waals surface area (Å²) in [6.45, 7) is 12.4. The summed E-state index contributed by atoms with van der Waals surface area (Å²) < 4.78 is 5.37. The van der Waals surface area contributed by atoms with Crippen molar-refractivity contribution in [3.63, 3.8) is 0 Å². The first-order chi connectivity index (χ1) is 11.8. The van der Waals surface area contributed by atoms with Crippen molar-refractivity contribution in [3.8, 4) is 11.4 Å². The molecule has 2 heterocycles. The van der Waals surface area contributed by atoms with E-state index in [1.807, 2.05) is 39.8 Å². The van der Waals surface area contributed by atoms with Gasteiger partial charge in [-0.15, -0.1) is 10.2 Å². The van der Waals surface area contributed by atoms with Crippen molar-refractivity contribution in [1.82, 2.24) is 30.3 Å². The quantitative estimate of drug-likeness (QED) is 0.719. The molecule has 0 aliphatic carbocycles. The Morgan fingerprint density at radius 3 is 2.28 bits per heavy atom. The second-order valence-electron chi connectivity index (χ2n) is 7.59. The fourth-order valence-corrected chi connectivity index (χ4v) is 2.33. The van der Waals surface area contributed by atoms with Crippen molar-refractivity contribution in [3.05, 3.63) is 41.5 Å². The number of aromatic nitrogens is 6. The molecule has 1 aromatic carbocycles. The summed E-state index contributed by atoms with van der Waals surface area (Å²) in [6, 6.07) is 7.95. The number of tetrazole rings is 1. The van der Waals surface area contributed by atoms with E-state index in [4.69, 9.17) is 4.52 Å². The molecule has 25 heavy (non-hydrogen) atoms. The third-order valence-corrected chi connectivity index (χ3v) is 4.08. The van der Waals surface area contributed by atoms with Crippen LogP contribution in [0, 0.1) is 0 Å². The van der Waals surface area contributed by atoms with Crippen molar-refractivity contribution in [2.75, 3.05) is 0 Å². The zero-order valence-electron chi connectivity index (χ0n) is 15.6.